The Hall–Kier alpha value is -3.61. The highest BCUT2D eigenvalue weighted by Crippen LogP contribution is 2.35. The average Bonchev–Trinajstić information content (AvgIpc) is 3.31. The van der Waals surface area contributed by atoms with E-state index >= 15 is 0 Å². The summed E-state index contributed by atoms with van der Waals surface area (Å²) >= 11 is 0. The second-order valence-electron chi connectivity index (χ2n) is 9.55. The number of benzene rings is 3. The van der Waals surface area contributed by atoms with Gasteiger partial charge in [0.05, 0.1) is 20.3 Å². The lowest BCUT2D eigenvalue weighted by Gasteiger charge is -2.26. The van der Waals surface area contributed by atoms with Crippen LogP contribution in [-0.2, 0) is 16.1 Å². The molecule has 1 aromatic heterocycles. The zero-order valence-corrected chi connectivity index (χ0v) is 21.4. The van der Waals surface area contributed by atoms with Crippen molar-refractivity contribution in [2.45, 2.75) is 18.9 Å². The molecule has 1 aliphatic heterocycles. The number of aromatic nitrogens is 1. The summed E-state index contributed by atoms with van der Waals surface area (Å²) in [5.41, 5.74) is 4.69. The summed E-state index contributed by atoms with van der Waals surface area (Å²) in [6, 6.07) is 27.1. The quantitative estimate of drug-likeness (QED) is 0.346. The maximum Gasteiger partial charge on any atom is 0.220 e. The fourth-order valence-corrected chi connectivity index (χ4v) is 5.14. The maximum absolute atomic E-state index is 13.2. The van der Waals surface area contributed by atoms with Crippen LogP contribution in [0.15, 0.2) is 85.1 Å². The van der Waals surface area contributed by atoms with Gasteiger partial charge in [0.15, 0.2) is 0 Å². The number of nitrogens with one attached hydrogen (secondary N) is 1. The van der Waals surface area contributed by atoms with Crippen LogP contribution in [-0.4, -0.2) is 61.9 Å². The first-order valence-corrected chi connectivity index (χ1v) is 13.0. The molecule has 0 radical (unpaired) electrons. The van der Waals surface area contributed by atoms with Gasteiger partial charge in [0.25, 0.3) is 0 Å². The van der Waals surface area contributed by atoms with Gasteiger partial charge in [0.1, 0.15) is 5.75 Å². The summed E-state index contributed by atoms with van der Waals surface area (Å²) in [6.45, 7) is 5.64. The van der Waals surface area contributed by atoms with Gasteiger partial charge in [-0.3, -0.25) is 9.69 Å². The van der Waals surface area contributed by atoms with Crippen molar-refractivity contribution in [1.29, 1.82) is 0 Å². The van der Waals surface area contributed by atoms with Crippen LogP contribution in [0, 0.1) is 0 Å². The molecule has 2 heterocycles. The predicted octanol–water partition coefficient (Wildman–Crippen LogP) is 4.67. The summed E-state index contributed by atoms with van der Waals surface area (Å²) in [7, 11) is 1.67. The predicted molar refractivity (Wildman–Crippen MR) is 147 cm³/mol. The molecule has 37 heavy (non-hydrogen) atoms. The molecule has 192 valence electrons. The van der Waals surface area contributed by atoms with Crippen molar-refractivity contribution >= 4 is 16.8 Å². The molecule has 0 saturated carbocycles. The average molecular weight is 498 g/mol. The highest BCUT2D eigenvalue weighted by Gasteiger charge is 2.23. The van der Waals surface area contributed by atoms with Crippen molar-refractivity contribution in [2.24, 2.45) is 0 Å². The van der Waals surface area contributed by atoms with Crippen LogP contribution in [0.4, 0.5) is 0 Å². The molecule has 1 saturated heterocycles. The molecule has 5 rings (SSSR count). The van der Waals surface area contributed by atoms with Crippen LogP contribution < -0.4 is 10.1 Å². The van der Waals surface area contributed by atoms with Crippen LogP contribution >= 0.6 is 0 Å². The number of carbonyl (C=O) groups is 1. The first-order valence-electron chi connectivity index (χ1n) is 13.0. The Balaban J connectivity index is 1.41. The van der Waals surface area contributed by atoms with Gasteiger partial charge in [-0.25, -0.2) is 0 Å². The molecule has 6 nitrogen and oxygen atoms in total. The molecular weight excluding hydrogens is 462 g/mol. The number of morpholine rings is 1. The number of hydrogen-bond donors (Lipinski definition) is 1. The minimum absolute atomic E-state index is 0.0639. The summed E-state index contributed by atoms with van der Waals surface area (Å²) in [4.78, 5) is 15.5. The topological polar surface area (TPSA) is 55.7 Å². The lowest BCUT2D eigenvalue weighted by molar-refractivity contribution is -0.121. The molecule has 1 fully saturated rings. The van der Waals surface area contributed by atoms with E-state index < -0.39 is 0 Å². The Bertz CT molecular complexity index is 1290. The number of fused-ring (bicyclic) bond motifs is 1. The van der Waals surface area contributed by atoms with Crippen molar-refractivity contribution in [2.75, 3.05) is 46.5 Å². The van der Waals surface area contributed by atoms with Crippen molar-refractivity contribution in [3.63, 3.8) is 0 Å². The molecular formula is C31H35N3O3. The van der Waals surface area contributed by atoms with E-state index in [0.717, 1.165) is 50.7 Å². The minimum atomic E-state index is -0.0729. The number of para-hydroxylation sites is 1. The van der Waals surface area contributed by atoms with Gasteiger partial charge in [0.2, 0.25) is 5.91 Å². The fourth-order valence-electron chi connectivity index (χ4n) is 5.14. The van der Waals surface area contributed by atoms with E-state index in [1.807, 2.05) is 18.2 Å². The van der Waals surface area contributed by atoms with Crippen molar-refractivity contribution in [3.8, 4) is 5.75 Å². The Morgan fingerprint density at radius 2 is 1.70 bits per heavy atom. The molecule has 1 N–H and O–H groups in total. The summed E-state index contributed by atoms with van der Waals surface area (Å²) < 4.78 is 13.1. The van der Waals surface area contributed by atoms with E-state index in [9.17, 15) is 4.79 Å². The number of hydrogen-bond acceptors (Lipinski definition) is 4. The van der Waals surface area contributed by atoms with Gasteiger partial charge >= 0.3 is 0 Å². The Morgan fingerprint density at radius 1 is 0.973 bits per heavy atom. The van der Waals surface area contributed by atoms with E-state index in [-0.39, 0.29) is 11.8 Å². The van der Waals surface area contributed by atoms with Crippen LogP contribution in [0.2, 0.25) is 0 Å². The van der Waals surface area contributed by atoms with Crippen LogP contribution in [0.25, 0.3) is 10.9 Å². The van der Waals surface area contributed by atoms with Crippen LogP contribution in [0.1, 0.15) is 29.0 Å². The van der Waals surface area contributed by atoms with Crippen molar-refractivity contribution in [1.82, 2.24) is 14.8 Å². The van der Waals surface area contributed by atoms with Gasteiger partial charge in [-0.2, -0.15) is 0 Å². The zero-order chi connectivity index (χ0) is 25.5. The Kier molecular flexibility index (Phi) is 8.18. The van der Waals surface area contributed by atoms with Gasteiger partial charge in [0, 0.05) is 62.2 Å². The van der Waals surface area contributed by atoms with Crippen LogP contribution in [0.5, 0.6) is 5.75 Å². The molecule has 4 aromatic rings. The lowest BCUT2D eigenvalue weighted by atomic mass is 9.88. The van der Waals surface area contributed by atoms with E-state index in [1.54, 1.807) is 7.11 Å². The lowest BCUT2D eigenvalue weighted by Crippen LogP contribution is -2.41. The van der Waals surface area contributed by atoms with Gasteiger partial charge < -0.3 is 19.4 Å². The Labute approximate surface area is 218 Å². The number of rotatable bonds is 10. The summed E-state index contributed by atoms with van der Waals surface area (Å²) in [6.07, 6.45) is 2.61. The first kappa shape index (κ1) is 25.1. The maximum atomic E-state index is 13.2. The number of carbonyl (C=O) groups excluding carboxylic acids is 1. The molecule has 0 unspecified atom stereocenters. The van der Waals surface area contributed by atoms with Crippen molar-refractivity contribution in [3.05, 3.63) is 102 Å². The van der Waals surface area contributed by atoms with Gasteiger partial charge in [-0.1, -0.05) is 60.7 Å². The largest absolute Gasteiger partial charge is 0.497 e. The highest BCUT2D eigenvalue weighted by molar-refractivity contribution is 5.86. The SMILES string of the molecule is COc1ccc([C@@H](CC(=O)NCCN2CCOCC2)c2cn(Cc3ccccc3)c3ccccc23)cc1. The molecule has 1 aliphatic rings. The minimum Gasteiger partial charge on any atom is -0.497 e. The van der Waals surface area contributed by atoms with E-state index in [4.69, 9.17) is 9.47 Å². The number of methoxy groups -OCH3 is 1. The van der Waals surface area contributed by atoms with Crippen molar-refractivity contribution < 1.29 is 14.3 Å². The third-order valence-electron chi connectivity index (χ3n) is 7.15. The second-order valence-corrected chi connectivity index (χ2v) is 9.55. The zero-order valence-electron chi connectivity index (χ0n) is 21.4. The van der Waals surface area contributed by atoms with Crippen LogP contribution in [0.3, 0.4) is 0 Å². The molecule has 0 bridgehead atoms. The van der Waals surface area contributed by atoms with E-state index in [0.29, 0.717) is 13.0 Å². The summed E-state index contributed by atoms with van der Waals surface area (Å²) in [5.74, 6) is 0.800. The molecule has 1 amide bonds. The molecule has 6 heteroatoms. The molecule has 0 aliphatic carbocycles. The molecule has 1 atom stereocenters. The highest BCUT2D eigenvalue weighted by atomic mass is 16.5. The number of amides is 1. The molecule has 3 aromatic carbocycles. The number of ether oxygens (including phenoxy) is 2. The number of nitrogens with zero attached hydrogens (tertiary/aromatic N) is 2. The summed E-state index contributed by atoms with van der Waals surface area (Å²) in [5, 5.41) is 4.35. The molecule has 0 spiro atoms. The fraction of sp³-hybridized carbons (Fsp3) is 0.323. The first-order chi connectivity index (χ1) is 18.2. The Morgan fingerprint density at radius 3 is 2.46 bits per heavy atom. The monoisotopic (exact) mass is 497 g/mol. The smallest absolute Gasteiger partial charge is 0.220 e. The van der Waals surface area contributed by atoms with E-state index in [1.165, 1.54) is 22.0 Å². The third-order valence-corrected chi connectivity index (χ3v) is 7.15. The normalized spacial score (nSPS) is 14.9. The van der Waals surface area contributed by atoms with E-state index in [2.05, 4.69) is 81.6 Å². The van der Waals surface area contributed by atoms with Gasteiger partial charge in [-0.15, -0.1) is 0 Å². The standard InChI is InChI=1S/C31H35N3O3/c1-36-26-13-11-25(12-14-26)28(21-31(35)32-15-16-33-17-19-37-20-18-33)29-23-34(22-24-7-3-2-4-8-24)30-10-6-5-9-27(29)30/h2-14,23,28H,15-22H2,1H3,(H,32,35)/t28-/m1/s1. The third kappa shape index (κ3) is 6.21. The van der Waals surface area contributed by atoms with Gasteiger partial charge in [-0.05, 0) is 34.9 Å². The second kappa shape index (κ2) is 12.1.